The van der Waals surface area contributed by atoms with Gasteiger partial charge >= 0.3 is 0 Å². The zero-order valence-corrected chi connectivity index (χ0v) is 8.52. The van der Waals surface area contributed by atoms with E-state index in [2.05, 4.69) is 22.5 Å². The Morgan fingerprint density at radius 3 is 2.86 bits per heavy atom. The molecule has 1 atom stereocenters. The van der Waals surface area contributed by atoms with Gasteiger partial charge in [-0.3, -0.25) is 4.79 Å². The van der Waals surface area contributed by atoms with Crippen molar-refractivity contribution in [1.29, 1.82) is 0 Å². The van der Waals surface area contributed by atoms with Crippen molar-refractivity contribution in [1.82, 2.24) is 10.6 Å². The first-order valence-electron chi connectivity index (χ1n) is 5.21. The Morgan fingerprint density at radius 1 is 1.50 bits per heavy atom. The molecule has 1 saturated carbocycles. The lowest BCUT2D eigenvalue weighted by atomic mass is 9.94. The number of carbonyl (C=O) groups is 1. The van der Waals surface area contributed by atoms with Crippen molar-refractivity contribution in [3.8, 4) is 11.8 Å². The van der Waals surface area contributed by atoms with Gasteiger partial charge in [-0.1, -0.05) is 5.92 Å². The molecule has 1 saturated heterocycles. The highest BCUT2D eigenvalue weighted by molar-refractivity contribution is 5.93. The van der Waals surface area contributed by atoms with Crippen LogP contribution in [0.5, 0.6) is 0 Å². The molecule has 2 fully saturated rings. The van der Waals surface area contributed by atoms with Crippen LogP contribution < -0.4 is 10.6 Å². The molecule has 1 amide bonds. The molecular weight excluding hydrogens is 176 g/mol. The fourth-order valence-electron chi connectivity index (χ4n) is 2.34. The van der Waals surface area contributed by atoms with E-state index in [0.29, 0.717) is 11.5 Å². The molecule has 0 radical (unpaired) electrons. The van der Waals surface area contributed by atoms with Gasteiger partial charge in [-0.25, -0.2) is 0 Å². The van der Waals surface area contributed by atoms with Crippen LogP contribution >= 0.6 is 0 Å². The minimum atomic E-state index is -0.118. The number of carbonyl (C=O) groups excluding carboxylic acids is 1. The van der Waals surface area contributed by atoms with E-state index in [9.17, 15) is 4.79 Å². The first-order valence-corrected chi connectivity index (χ1v) is 5.21. The highest BCUT2D eigenvalue weighted by Crippen LogP contribution is 2.52. The normalized spacial score (nSPS) is 27.6. The molecule has 0 aromatic heterocycles. The molecule has 3 heteroatoms. The van der Waals surface area contributed by atoms with Gasteiger partial charge in [0.25, 0.3) is 5.91 Å². The lowest BCUT2D eigenvalue weighted by Gasteiger charge is -2.23. The minimum Gasteiger partial charge on any atom is -0.342 e. The van der Waals surface area contributed by atoms with E-state index in [0.717, 1.165) is 19.5 Å². The van der Waals surface area contributed by atoms with Gasteiger partial charge in [0.1, 0.15) is 0 Å². The summed E-state index contributed by atoms with van der Waals surface area (Å²) in [7, 11) is 0. The second-order valence-corrected chi connectivity index (χ2v) is 4.22. The van der Waals surface area contributed by atoms with Crippen molar-refractivity contribution in [2.24, 2.45) is 5.41 Å². The molecule has 2 rings (SSSR count). The number of piperidine rings is 1. The van der Waals surface area contributed by atoms with Gasteiger partial charge in [0.05, 0.1) is 0 Å². The third-order valence-electron chi connectivity index (χ3n) is 3.33. The molecule has 0 aromatic carbocycles. The van der Waals surface area contributed by atoms with Crippen LogP contribution in [0.1, 0.15) is 26.2 Å². The van der Waals surface area contributed by atoms with Crippen LogP contribution in [0.25, 0.3) is 0 Å². The average molecular weight is 192 g/mol. The summed E-state index contributed by atoms with van der Waals surface area (Å²) in [5.41, 5.74) is 0.413. The van der Waals surface area contributed by atoms with E-state index in [1.54, 1.807) is 6.92 Å². The summed E-state index contributed by atoms with van der Waals surface area (Å²) in [6.45, 7) is 3.87. The molecule has 14 heavy (non-hydrogen) atoms. The zero-order chi connectivity index (χ0) is 10.0. The van der Waals surface area contributed by atoms with Crippen molar-refractivity contribution in [3.05, 3.63) is 0 Å². The molecule has 1 spiro atoms. The number of hydrogen-bond acceptors (Lipinski definition) is 2. The van der Waals surface area contributed by atoms with Crippen LogP contribution in [0.2, 0.25) is 0 Å². The fourth-order valence-corrected chi connectivity index (χ4v) is 2.34. The van der Waals surface area contributed by atoms with Crippen LogP contribution in [-0.4, -0.2) is 25.0 Å². The van der Waals surface area contributed by atoms with E-state index in [1.807, 2.05) is 0 Å². The monoisotopic (exact) mass is 192 g/mol. The van der Waals surface area contributed by atoms with E-state index in [4.69, 9.17) is 0 Å². The molecule has 2 aliphatic rings. The molecule has 0 aromatic rings. The maximum Gasteiger partial charge on any atom is 0.296 e. The van der Waals surface area contributed by atoms with E-state index in [1.165, 1.54) is 12.8 Å². The Bertz CT molecular complexity index is 294. The van der Waals surface area contributed by atoms with Crippen LogP contribution in [0, 0.1) is 17.3 Å². The Balaban J connectivity index is 1.84. The van der Waals surface area contributed by atoms with Crippen molar-refractivity contribution < 1.29 is 4.79 Å². The predicted molar refractivity (Wildman–Crippen MR) is 54.5 cm³/mol. The molecule has 1 unspecified atom stereocenters. The number of nitrogens with one attached hydrogen (secondary N) is 2. The largest absolute Gasteiger partial charge is 0.342 e. The standard InChI is InChI=1S/C11H16N2O/c1-2-3-10(14)13-9-8-11(9)4-6-12-7-5-11/h9,12H,4-8H2,1H3,(H,13,14). The number of rotatable bonds is 1. The average Bonchev–Trinajstić information content (AvgIpc) is 2.79. The second-order valence-electron chi connectivity index (χ2n) is 4.22. The van der Waals surface area contributed by atoms with E-state index in [-0.39, 0.29) is 5.91 Å². The number of hydrogen-bond donors (Lipinski definition) is 2. The summed E-state index contributed by atoms with van der Waals surface area (Å²) in [5, 5.41) is 6.31. The SMILES string of the molecule is CC#CC(=O)NC1CC12CCNCC2. The van der Waals surface area contributed by atoms with Gasteiger partial charge in [-0.05, 0) is 50.6 Å². The minimum absolute atomic E-state index is 0.118. The molecule has 1 aliphatic heterocycles. The first-order chi connectivity index (χ1) is 6.77. The summed E-state index contributed by atoms with van der Waals surface area (Å²) in [4.78, 5) is 11.2. The van der Waals surface area contributed by atoms with Crippen LogP contribution in [0.4, 0.5) is 0 Å². The van der Waals surface area contributed by atoms with E-state index >= 15 is 0 Å². The molecule has 2 N–H and O–H groups in total. The number of amides is 1. The lowest BCUT2D eigenvalue weighted by Crippen LogP contribution is -2.35. The Morgan fingerprint density at radius 2 is 2.21 bits per heavy atom. The Hall–Kier alpha value is -1.01. The van der Waals surface area contributed by atoms with Gasteiger partial charge in [-0.2, -0.15) is 0 Å². The quantitative estimate of drug-likeness (QED) is 0.585. The molecule has 76 valence electrons. The predicted octanol–water partition coefficient (Wildman–Crippen LogP) is 0.268. The highest BCUT2D eigenvalue weighted by atomic mass is 16.1. The van der Waals surface area contributed by atoms with Crippen molar-refractivity contribution >= 4 is 5.91 Å². The van der Waals surface area contributed by atoms with Crippen LogP contribution in [0.15, 0.2) is 0 Å². The topological polar surface area (TPSA) is 41.1 Å². The van der Waals surface area contributed by atoms with Crippen LogP contribution in [0.3, 0.4) is 0 Å². The Labute approximate surface area is 84.6 Å². The van der Waals surface area contributed by atoms with E-state index < -0.39 is 0 Å². The summed E-state index contributed by atoms with van der Waals surface area (Å²) in [6, 6.07) is 0.387. The maximum absolute atomic E-state index is 11.2. The van der Waals surface area contributed by atoms with Crippen LogP contribution in [-0.2, 0) is 4.79 Å². The van der Waals surface area contributed by atoms with Gasteiger partial charge in [0, 0.05) is 6.04 Å². The summed E-state index contributed by atoms with van der Waals surface area (Å²) in [5.74, 6) is 5.02. The van der Waals surface area contributed by atoms with Gasteiger partial charge in [0.15, 0.2) is 0 Å². The van der Waals surface area contributed by atoms with Gasteiger partial charge in [0.2, 0.25) is 0 Å². The molecule has 3 nitrogen and oxygen atoms in total. The highest BCUT2D eigenvalue weighted by Gasteiger charge is 2.54. The van der Waals surface area contributed by atoms with Gasteiger partial charge < -0.3 is 10.6 Å². The van der Waals surface area contributed by atoms with Gasteiger partial charge in [-0.15, -0.1) is 0 Å². The molecule has 1 aliphatic carbocycles. The first kappa shape index (κ1) is 9.54. The molecular formula is C11H16N2O. The Kier molecular flexibility index (Phi) is 2.47. The van der Waals surface area contributed by atoms with Crippen molar-refractivity contribution in [3.63, 3.8) is 0 Å². The molecule has 1 heterocycles. The zero-order valence-electron chi connectivity index (χ0n) is 8.52. The second kappa shape index (κ2) is 3.62. The van der Waals surface area contributed by atoms with Crippen molar-refractivity contribution in [2.45, 2.75) is 32.2 Å². The maximum atomic E-state index is 11.2. The van der Waals surface area contributed by atoms with Crippen molar-refractivity contribution in [2.75, 3.05) is 13.1 Å². The fraction of sp³-hybridized carbons (Fsp3) is 0.727. The summed E-state index contributed by atoms with van der Waals surface area (Å²) in [6.07, 6.45) is 3.53. The third-order valence-corrected chi connectivity index (χ3v) is 3.33. The third kappa shape index (κ3) is 1.76. The smallest absolute Gasteiger partial charge is 0.296 e. The summed E-state index contributed by atoms with van der Waals surface area (Å²) < 4.78 is 0. The summed E-state index contributed by atoms with van der Waals surface area (Å²) >= 11 is 0. The lowest BCUT2D eigenvalue weighted by molar-refractivity contribution is -0.116. The molecule has 0 bridgehead atoms.